The standard InChI is InChI=1S/C22H23N3O/c1-2-25(20-11-7-4-8-12-20)22(26)19-14-16-24-21(17-19)23-15-13-18-9-5-3-6-10-18/h3-12,14,16-17H,2,13,15H2,1H3,(H,23,24). The summed E-state index contributed by atoms with van der Waals surface area (Å²) >= 11 is 0. The van der Waals surface area contributed by atoms with Gasteiger partial charge in [0.25, 0.3) is 5.91 Å². The normalized spacial score (nSPS) is 10.3. The second-order valence-corrected chi connectivity index (χ2v) is 5.98. The first-order valence-corrected chi connectivity index (χ1v) is 8.88. The third kappa shape index (κ3) is 4.48. The zero-order valence-electron chi connectivity index (χ0n) is 14.9. The SMILES string of the molecule is CCN(C(=O)c1ccnc(NCCc2ccccc2)c1)c1ccccc1. The van der Waals surface area contributed by atoms with Crippen molar-refractivity contribution in [2.24, 2.45) is 0 Å². The molecule has 3 rings (SSSR count). The maximum Gasteiger partial charge on any atom is 0.258 e. The van der Waals surface area contributed by atoms with E-state index in [1.54, 1.807) is 17.2 Å². The van der Waals surface area contributed by atoms with Crippen LogP contribution in [0.4, 0.5) is 11.5 Å². The van der Waals surface area contributed by atoms with Crippen molar-refractivity contribution in [1.29, 1.82) is 0 Å². The Morgan fingerprint density at radius 2 is 1.69 bits per heavy atom. The molecule has 1 amide bonds. The van der Waals surface area contributed by atoms with Crippen molar-refractivity contribution in [1.82, 2.24) is 4.98 Å². The number of hydrogen-bond donors (Lipinski definition) is 1. The minimum absolute atomic E-state index is 0.0211. The molecule has 0 radical (unpaired) electrons. The quantitative estimate of drug-likeness (QED) is 0.690. The predicted molar refractivity (Wildman–Crippen MR) is 107 cm³/mol. The molecule has 1 heterocycles. The van der Waals surface area contributed by atoms with Crippen LogP contribution < -0.4 is 10.2 Å². The number of amides is 1. The van der Waals surface area contributed by atoms with E-state index in [0.717, 1.165) is 24.5 Å². The summed E-state index contributed by atoms with van der Waals surface area (Å²) in [5, 5.41) is 3.30. The Balaban J connectivity index is 1.67. The van der Waals surface area contributed by atoms with E-state index in [1.165, 1.54) is 5.56 Å². The van der Waals surface area contributed by atoms with Crippen LogP contribution in [0.2, 0.25) is 0 Å². The number of anilines is 2. The highest BCUT2D eigenvalue weighted by molar-refractivity contribution is 6.06. The molecule has 26 heavy (non-hydrogen) atoms. The molecule has 0 aliphatic rings. The van der Waals surface area contributed by atoms with E-state index in [9.17, 15) is 4.79 Å². The van der Waals surface area contributed by atoms with Gasteiger partial charge in [0, 0.05) is 30.5 Å². The molecular weight excluding hydrogens is 322 g/mol. The lowest BCUT2D eigenvalue weighted by atomic mass is 10.1. The molecule has 2 aromatic carbocycles. The number of nitrogens with one attached hydrogen (secondary N) is 1. The van der Waals surface area contributed by atoms with Crippen LogP contribution in [0.15, 0.2) is 79.0 Å². The first-order valence-electron chi connectivity index (χ1n) is 8.88. The lowest BCUT2D eigenvalue weighted by Gasteiger charge is -2.21. The predicted octanol–water partition coefficient (Wildman–Crippen LogP) is 4.40. The van der Waals surface area contributed by atoms with Crippen molar-refractivity contribution in [3.05, 3.63) is 90.1 Å². The molecule has 0 saturated heterocycles. The van der Waals surface area contributed by atoms with E-state index >= 15 is 0 Å². The highest BCUT2D eigenvalue weighted by atomic mass is 16.2. The maximum absolute atomic E-state index is 12.9. The molecule has 1 aromatic heterocycles. The van der Waals surface area contributed by atoms with Crippen molar-refractivity contribution in [2.75, 3.05) is 23.3 Å². The number of carbonyl (C=O) groups excluding carboxylic acids is 1. The van der Waals surface area contributed by atoms with Crippen molar-refractivity contribution in [3.8, 4) is 0 Å². The number of pyridine rings is 1. The Labute approximate surface area is 154 Å². The van der Waals surface area contributed by atoms with Crippen LogP contribution in [0.1, 0.15) is 22.8 Å². The van der Waals surface area contributed by atoms with Gasteiger partial charge in [-0.1, -0.05) is 48.5 Å². The van der Waals surface area contributed by atoms with Crippen LogP contribution in [0, 0.1) is 0 Å². The third-order valence-electron chi connectivity index (χ3n) is 4.20. The van der Waals surface area contributed by atoms with E-state index < -0.39 is 0 Å². The van der Waals surface area contributed by atoms with Gasteiger partial charge in [0.2, 0.25) is 0 Å². The molecule has 0 fully saturated rings. The summed E-state index contributed by atoms with van der Waals surface area (Å²) in [6, 6.07) is 23.6. The summed E-state index contributed by atoms with van der Waals surface area (Å²) in [6.45, 7) is 3.36. The number of para-hydroxylation sites is 1. The van der Waals surface area contributed by atoms with Crippen LogP contribution in [-0.2, 0) is 6.42 Å². The Kier molecular flexibility index (Phi) is 5.99. The third-order valence-corrected chi connectivity index (χ3v) is 4.20. The molecule has 0 unspecified atom stereocenters. The molecule has 3 aromatic rings. The van der Waals surface area contributed by atoms with Gasteiger partial charge in [-0.05, 0) is 43.2 Å². The van der Waals surface area contributed by atoms with Gasteiger partial charge in [0.1, 0.15) is 5.82 Å². The zero-order valence-corrected chi connectivity index (χ0v) is 14.9. The molecule has 4 nitrogen and oxygen atoms in total. The maximum atomic E-state index is 12.9. The van der Waals surface area contributed by atoms with Crippen LogP contribution in [0.25, 0.3) is 0 Å². The Bertz CT molecular complexity index is 834. The van der Waals surface area contributed by atoms with E-state index in [0.29, 0.717) is 12.1 Å². The van der Waals surface area contributed by atoms with Crippen molar-refractivity contribution in [3.63, 3.8) is 0 Å². The lowest BCUT2D eigenvalue weighted by molar-refractivity contribution is 0.0988. The fourth-order valence-electron chi connectivity index (χ4n) is 2.85. The summed E-state index contributed by atoms with van der Waals surface area (Å²) in [5.41, 5.74) is 2.80. The van der Waals surface area contributed by atoms with Crippen LogP contribution in [-0.4, -0.2) is 24.0 Å². The molecule has 0 bridgehead atoms. The van der Waals surface area contributed by atoms with Crippen LogP contribution in [0.5, 0.6) is 0 Å². The lowest BCUT2D eigenvalue weighted by Crippen LogP contribution is -2.30. The molecule has 0 spiro atoms. The first kappa shape index (κ1) is 17.7. The largest absolute Gasteiger partial charge is 0.370 e. The fourth-order valence-corrected chi connectivity index (χ4v) is 2.85. The molecule has 0 aliphatic carbocycles. The average Bonchev–Trinajstić information content (AvgIpc) is 2.70. The topological polar surface area (TPSA) is 45.2 Å². The number of rotatable bonds is 7. The molecule has 4 heteroatoms. The smallest absolute Gasteiger partial charge is 0.258 e. The van der Waals surface area contributed by atoms with Gasteiger partial charge in [-0.3, -0.25) is 4.79 Å². The summed E-state index contributed by atoms with van der Waals surface area (Å²) < 4.78 is 0. The number of nitrogens with zero attached hydrogens (tertiary/aromatic N) is 2. The number of carbonyl (C=O) groups is 1. The number of aromatic nitrogens is 1. The Hall–Kier alpha value is -3.14. The second kappa shape index (κ2) is 8.81. The van der Waals surface area contributed by atoms with Gasteiger partial charge >= 0.3 is 0 Å². The summed E-state index contributed by atoms with van der Waals surface area (Å²) in [5.74, 6) is 0.697. The minimum atomic E-state index is -0.0211. The Morgan fingerprint density at radius 3 is 2.38 bits per heavy atom. The highest BCUT2D eigenvalue weighted by Gasteiger charge is 2.16. The van der Waals surface area contributed by atoms with Gasteiger partial charge in [0.05, 0.1) is 0 Å². The summed E-state index contributed by atoms with van der Waals surface area (Å²) in [4.78, 5) is 19.0. The monoisotopic (exact) mass is 345 g/mol. The zero-order chi connectivity index (χ0) is 18.2. The average molecular weight is 345 g/mol. The van der Waals surface area contributed by atoms with E-state index in [2.05, 4.69) is 22.4 Å². The highest BCUT2D eigenvalue weighted by Crippen LogP contribution is 2.17. The van der Waals surface area contributed by atoms with E-state index in [1.807, 2.05) is 61.5 Å². The number of hydrogen-bond acceptors (Lipinski definition) is 3. The van der Waals surface area contributed by atoms with Crippen molar-refractivity contribution >= 4 is 17.4 Å². The molecule has 132 valence electrons. The first-order chi connectivity index (χ1) is 12.8. The second-order valence-electron chi connectivity index (χ2n) is 5.98. The van der Waals surface area contributed by atoms with E-state index in [4.69, 9.17) is 0 Å². The van der Waals surface area contributed by atoms with Crippen molar-refractivity contribution in [2.45, 2.75) is 13.3 Å². The van der Waals surface area contributed by atoms with Gasteiger partial charge in [-0.25, -0.2) is 4.98 Å². The minimum Gasteiger partial charge on any atom is -0.370 e. The van der Waals surface area contributed by atoms with Crippen LogP contribution >= 0.6 is 0 Å². The fraction of sp³-hybridized carbons (Fsp3) is 0.182. The van der Waals surface area contributed by atoms with Gasteiger partial charge in [0.15, 0.2) is 0 Å². The molecule has 0 saturated carbocycles. The Morgan fingerprint density at radius 1 is 1.00 bits per heavy atom. The van der Waals surface area contributed by atoms with Gasteiger partial charge in [-0.2, -0.15) is 0 Å². The number of benzene rings is 2. The van der Waals surface area contributed by atoms with Gasteiger partial charge in [-0.15, -0.1) is 0 Å². The van der Waals surface area contributed by atoms with E-state index in [-0.39, 0.29) is 5.91 Å². The molecule has 0 aliphatic heterocycles. The molecule has 1 N–H and O–H groups in total. The van der Waals surface area contributed by atoms with Gasteiger partial charge < -0.3 is 10.2 Å². The van der Waals surface area contributed by atoms with Crippen molar-refractivity contribution < 1.29 is 4.79 Å². The summed E-state index contributed by atoms with van der Waals surface area (Å²) in [6.07, 6.45) is 2.59. The van der Waals surface area contributed by atoms with Crippen LogP contribution in [0.3, 0.4) is 0 Å². The molecule has 0 atom stereocenters. The molecular formula is C22H23N3O. The summed E-state index contributed by atoms with van der Waals surface area (Å²) in [7, 11) is 0.